The van der Waals surface area contributed by atoms with Gasteiger partial charge in [0.15, 0.2) is 0 Å². The third-order valence-corrected chi connectivity index (χ3v) is 3.14. The van der Waals surface area contributed by atoms with Crippen LogP contribution in [0.5, 0.6) is 0 Å². The van der Waals surface area contributed by atoms with E-state index in [1.165, 1.54) is 10.1 Å². The summed E-state index contributed by atoms with van der Waals surface area (Å²) in [5.74, 6) is 0. The number of hydrogen-bond donors (Lipinski definition) is 0. The molecule has 2 rings (SSSR count). The van der Waals surface area contributed by atoms with Gasteiger partial charge >= 0.3 is 27.0 Å². The third-order valence-electron chi connectivity index (χ3n) is 1.37. The number of halogens is 2. The van der Waals surface area contributed by atoms with Gasteiger partial charge in [-0.2, -0.15) is 0 Å². The second-order valence-electron chi connectivity index (χ2n) is 2.01. The fourth-order valence-electron chi connectivity index (χ4n) is 0.892. The normalized spacial score (nSPS) is 9.33. The minimum absolute atomic E-state index is 0.847. The molecule has 0 fully saturated rings. The average molecular weight is 313 g/mol. The molecular formula is C8H4BrClSZn. The van der Waals surface area contributed by atoms with Gasteiger partial charge in [-0.1, -0.05) is 32.5 Å². The zero-order valence-corrected chi connectivity index (χ0v) is 12.3. The van der Waals surface area contributed by atoms with Crippen molar-refractivity contribution in [2.75, 3.05) is 0 Å². The summed E-state index contributed by atoms with van der Waals surface area (Å²) >= 11 is 5.91. The van der Waals surface area contributed by atoms with Crippen molar-refractivity contribution in [2.45, 2.75) is 0 Å². The first kappa shape index (κ1) is 10.7. The topological polar surface area (TPSA) is 0 Å². The van der Waals surface area contributed by atoms with Crippen LogP contribution in [0.2, 0.25) is 0 Å². The summed E-state index contributed by atoms with van der Waals surface area (Å²) in [6, 6.07) is 8.26. The van der Waals surface area contributed by atoms with Crippen LogP contribution >= 0.6 is 37.0 Å². The fourth-order valence-corrected chi connectivity index (χ4v) is 2.35. The van der Waals surface area contributed by atoms with Crippen LogP contribution in [0, 0.1) is 5.38 Å². The van der Waals surface area contributed by atoms with Gasteiger partial charge < -0.3 is 0 Å². The zero-order valence-electron chi connectivity index (χ0n) is 6.18. The summed E-state index contributed by atoms with van der Waals surface area (Å²) < 4.78 is 2.36. The van der Waals surface area contributed by atoms with Crippen molar-refractivity contribution >= 4 is 47.0 Å². The van der Waals surface area contributed by atoms with E-state index in [1.807, 2.05) is 12.1 Å². The zero-order chi connectivity index (χ0) is 8.97. The van der Waals surface area contributed by atoms with E-state index in [2.05, 4.69) is 33.4 Å². The van der Waals surface area contributed by atoms with Crippen LogP contribution in [0.25, 0.3) is 10.1 Å². The second kappa shape index (κ2) is 5.33. The van der Waals surface area contributed by atoms with Gasteiger partial charge in [0.2, 0.25) is 0 Å². The molecule has 0 aliphatic rings. The molecule has 4 heteroatoms. The van der Waals surface area contributed by atoms with Crippen molar-refractivity contribution in [1.29, 1.82) is 0 Å². The van der Waals surface area contributed by atoms with Crippen LogP contribution in [-0.2, 0) is 17.3 Å². The number of hydrogen-bond acceptors (Lipinski definition) is 1. The maximum atomic E-state index is 4.76. The molecular weight excluding hydrogens is 309 g/mol. The van der Waals surface area contributed by atoms with Gasteiger partial charge in [-0.05, 0) is 0 Å². The molecule has 1 heterocycles. The van der Waals surface area contributed by atoms with Crippen molar-refractivity contribution in [1.82, 2.24) is 0 Å². The number of fused-ring (bicyclic) bond motifs is 1. The van der Waals surface area contributed by atoms with Gasteiger partial charge in [0, 0.05) is 0 Å². The first-order chi connectivity index (χ1) is 5.88. The van der Waals surface area contributed by atoms with Crippen molar-refractivity contribution in [3.63, 3.8) is 0 Å². The first-order valence-electron chi connectivity index (χ1n) is 3.19. The summed E-state index contributed by atoms with van der Waals surface area (Å²) in [6.07, 6.45) is 0. The Hall–Kier alpha value is 0.573. The number of thiophene rings is 1. The molecule has 0 aliphatic heterocycles. The van der Waals surface area contributed by atoms with Crippen molar-refractivity contribution in [3.8, 4) is 0 Å². The molecule has 0 saturated heterocycles. The van der Waals surface area contributed by atoms with E-state index in [1.54, 1.807) is 11.3 Å². The number of rotatable bonds is 0. The molecule has 2 aromatic rings. The summed E-state index contributed by atoms with van der Waals surface area (Å²) in [5, 5.41) is 4.39. The van der Waals surface area contributed by atoms with Gasteiger partial charge in [-0.15, -0.1) is 27.6 Å². The van der Waals surface area contributed by atoms with Crippen molar-refractivity contribution < 1.29 is 17.3 Å². The SMILES string of the molecule is Brc1[c-]sc2ccccc12.[Cl][Zn+]. The molecule has 1 aromatic carbocycles. The van der Waals surface area contributed by atoms with Gasteiger partial charge in [0.05, 0.1) is 0 Å². The van der Waals surface area contributed by atoms with Crippen molar-refractivity contribution in [3.05, 3.63) is 34.1 Å². The van der Waals surface area contributed by atoms with Crippen LogP contribution < -0.4 is 0 Å². The Bertz CT molecular complexity index is 361. The van der Waals surface area contributed by atoms with Gasteiger partial charge in [0.25, 0.3) is 0 Å². The Morgan fingerprint density at radius 2 is 2.00 bits per heavy atom. The Morgan fingerprint density at radius 3 is 2.67 bits per heavy atom. The quantitative estimate of drug-likeness (QED) is 0.506. The molecule has 0 aliphatic carbocycles. The molecule has 0 unspecified atom stereocenters. The van der Waals surface area contributed by atoms with E-state index in [4.69, 9.17) is 9.69 Å². The van der Waals surface area contributed by atoms with Crippen molar-refractivity contribution in [2.24, 2.45) is 0 Å². The van der Waals surface area contributed by atoms with Crippen LogP contribution in [0.4, 0.5) is 0 Å². The fraction of sp³-hybridized carbons (Fsp3) is 0. The molecule has 0 amide bonds. The Morgan fingerprint density at radius 1 is 1.33 bits per heavy atom. The monoisotopic (exact) mass is 310 g/mol. The number of benzene rings is 1. The summed E-state index contributed by atoms with van der Waals surface area (Å²) in [5.41, 5.74) is 0. The molecule has 0 spiro atoms. The Kier molecular flexibility index (Phi) is 4.74. The van der Waals surface area contributed by atoms with E-state index >= 15 is 0 Å². The van der Waals surface area contributed by atoms with E-state index in [0.29, 0.717) is 0 Å². The average Bonchev–Trinajstić information content (AvgIpc) is 2.53. The minimum atomic E-state index is 0.847. The molecule has 0 N–H and O–H groups in total. The van der Waals surface area contributed by atoms with E-state index < -0.39 is 0 Å². The van der Waals surface area contributed by atoms with Gasteiger partial charge in [-0.25, -0.2) is 0 Å². The third kappa shape index (κ3) is 2.29. The first-order valence-corrected chi connectivity index (χ1v) is 8.70. The standard InChI is InChI=1S/C8H4BrS.ClH.Zn/c9-7-5-10-8-4-2-1-3-6(7)8;;/h1-4H;1H;/q-1;;+2/p-1. The molecule has 0 nitrogen and oxygen atoms in total. The predicted molar refractivity (Wildman–Crippen MR) is 54.2 cm³/mol. The van der Waals surface area contributed by atoms with Crippen LogP contribution in [0.15, 0.2) is 28.7 Å². The second-order valence-corrected chi connectivity index (χ2v) is 3.66. The molecule has 0 atom stereocenters. The van der Waals surface area contributed by atoms with Crippen LogP contribution in [0.1, 0.15) is 0 Å². The summed E-state index contributed by atoms with van der Waals surface area (Å²) in [7, 11) is 4.76. The van der Waals surface area contributed by atoms with Gasteiger partial charge in [0.1, 0.15) is 0 Å². The summed E-state index contributed by atoms with van der Waals surface area (Å²) in [6.45, 7) is 0. The van der Waals surface area contributed by atoms with Gasteiger partial charge in [-0.3, -0.25) is 11.3 Å². The predicted octanol–water partition coefficient (Wildman–Crippen LogP) is 4.15. The molecule has 0 saturated carbocycles. The van der Waals surface area contributed by atoms with Crippen LogP contribution in [0.3, 0.4) is 0 Å². The van der Waals surface area contributed by atoms with Crippen LogP contribution in [-0.4, -0.2) is 0 Å². The summed E-state index contributed by atoms with van der Waals surface area (Å²) in [4.78, 5) is 0. The Labute approximate surface area is 97.8 Å². The van der Waals surface area contributed by atoms with E-state index in [-0.39, 0.29) is 0 Å². The molecule has 12 heavy (non-hydrogen) atoms. The van der Waals surface area contributed by atoms with E-state index in [0.717, 1.165) is 21.8 Å². The molecule has 0 radical (unpaired) electrons. The molecule has 1 aromatic heterocycles. The van der Waals surface area contributed by atoms with E-state index in [9.17, 15) is 0 Å². The molecule has 0 bridgehead atoms. The Balaban J connectivity index is 0.000000336. The maximum absolute atomic E-state index is 4.76. The molecule has 58 valence electrons.